The Morgan fingerprint density at radius 1 is 1.00 bits per heavy atom. The van der Waals surface area contributed by atoms with Gasteiger partial charge in [0, 0.05) is 25.6 Å². The van der Waals surface area contributed by atoms with Gasteiger partial charge in [0.05, 0.1) is 0 Å². The average molecular weight is 312 g/mol. The number of nitrogens with zero attached hydrogens (tertiary/aromatic N) is 2. The standard InChI is InChI=1S/C20H28N2O/c23-20(15-17-8-7-16-5-1-2-6-19(16)17)22-13-9-18(10-14-22)21-11-3-4-12-21/h1-2,5-6,17-18H,3-4,7-15H2. The van der Waals surface area contributed by atoms with Gasteiger partial charge in [-0.2, -0.15) is 0 Å². The highest BCUT2D eigenvalue weighted by Crippen LogP contribution is 2.35. The molecule has 1 aromatic carbocycles. The lowest BCUT2D eigenvalue weighted by Gasteiger charge is -2.37. The maximum absolute atomic E-state index is 12.7. The normalized spacial score (nSPS) is 25.7. The fourth-order valence-electron chi connectivity index (χ4n) is 4.78. The van der Waals surface area contributed by atoms with Gasteiger partial charge >= 0.3 is 0 Å². The number of benzene rings is 1. The van der Waals surface area contributed by atoms with Gasteiger partial charge in [-0.15, -0.1) is 0 Å². The number of amides is 1. The molecule has 2 saturated heterocycles. The van der Waals surface area contributed by atoms with Crippen LogP contribution in [-0.4, -0.2) is 47.9 Å². The molecule has 0 spiro atoms. The Kier molecular flexibility index (Phi) is 4.39. The Labute approximate surface area is 139 Å². The summed E-state index contributed by atoms with van der Waals surface area (Å²) in [5, 5.41) is 0. The Balaban J connectivity index is 1.31. The van der Waals surface area contributed by atoms with Crippen molar-refractivity contribution in [2.45, 2.75) is 56.9 Å². The summed E-state index contributed by atoms with van der Waals surface area (Å²) in [5.74, 6) is 0.835. The molecule has 0 aromatic heterocycles. The lowest BCUT2D eigenvalue weighted by atomic mass is 9.96. The van der Waals surface area contributed by atoms with Crippen molar-refractivity contribution in [1.82, 2.24) is 9.80 Å². The molecular formula is C20H28N2O. The molecule has 2 heterocycles. The maximum Gasteiger partial charge on any atom is 0.223 e. The van der Waals surface area contributed by atoms with E-state index in [1.807, 2.05) is 0 Å². The second kappa shape index (κ2) is 6.64. The van der Waals surface area contributed by atoms with Crippen molar-refractivity contribution in [2.75, 3.05) is 26.2 Å². The minimum Gasteiger partial charge on any atom is -0.343 e. The van der Waals surface area contributed by atoms with Crippen LogP contribution < -0.4 is 0 Å². The van der Waals surface area contributed by atoms with Crippen LogP contribution in [0.15, 0.2) is 24.3 Å². The molecule has 1 atom stereocenters. The molecule has 0 N–H and O–H groups in total. The Hall–Kier alpha value is -1.35. The van der Waals surface area contributed by atoms with E-state index in [0.29, 0.717) is 18.2 Å². The molecule has 1 aliphatic carbocycles. The fraction of sp³-hybridized carbons (Fsp3) is 0.650. The number of fused-ring (bicyclic) bond motifs is 1. The quantitative estimate of drug-likeness (QED) is 0.856. The van der Waals surface area contributed by atoms with Crippen molar-refractivity contribution in [1.29, 1.82) is 0 Å². The number of likely N-dealkylation sites (tertiary alicyclic amines) is 2. The van der Waals surface area contributed by atoms with Gasteiger partial charge in [-0.05, 0) is 68.7 Å². The van der Waals surface area contributed by atoms with E-state index < -0.39 is 0 Å². The van der Waals surface area contributed by atoms with Crippen LogP contribution in [0.5, 0.6) is 0 Å². The lowest BCUT2D eigenvalue weighted by Crippen LogP contribution is -2.46. The zero-order valence-electron chi connectivity index (χ0n) is 14.0. The molecule has 0 saturated carbocycles. The van der Waals surface area contributed by atoms with Crippen molar-refractivity contribution in [3.05, 3.63) is 35.4 Å². The van der Waals surface area contributed by atoms with E-state index in [2.05, 4.69) is 34.1 Å². The third-order valence-corrected chi connectivity index (χ3v) is 6.15. The lowest BCUT2D eigenvalue weighted by molar-refractivity contribution is -0.133. The number of piperidine rings is 1. The molecule has 23 heavy (non-hydrogen) atoms. The first-order valence-corrected chi connectivity index (χ1v) is 9.41. The summed E-state index contributed by atoms with van der Waals surface area (Å²) in [7, 11) is 0. The van der Waals surface area contributed by atoms with E-state index in [9.17, 15) is 4.79 Å². The average Bonchev–Trinajstić information content (AvgIpc) is 3.25. The Morgan fingerprint density at radius 3 is 2.52 bits per heavy atom. The van der Waals surface area contributed by atoms with E-state index >= 15 is 0 Å². The van der Waals surface area contributed by atoms with Crippen LogP contribution in [0.3, 0.4) is 0 Å². The van der Waals surface area contributed by atoms with Crippen LogP contribution in [0.4, 0.5) is 0 Å². The number of carbonyl (C=O) groups excluding carboxylic acids is 1. The van der Waals surface area contributed by atoms with E-state index in [4.69, 9.17) is 0 Å². The van der Waals surface area contributed by atoms with Gasteiger partial charge in [-0.1, -0.05) is 24.3 Å². The third kappa shape index (κ3) is 3.16. The molecule has 1 unspecified atom stereocenters. The number of hydrogen-bond donors (Lipinski definition) is 0. The van der Waals surface area contributed by atoms with Crippen molar-refractivity contribution in [3.63, 3.8) is 0 Å². The molecule has 3 aliphatic rings. The third-order valence-electron chi connectivity index (χ3n) is 6.15. The van der Waals surface area contributed by atoms with Crippen LogP contribution in [-0.2, 0) is 11.2 Å². The summed E-state index contributed by atoms with van der Waals surface area (Å²) >= 11 is 0. The van der Waals surface area contributed by atoms with Gasteiger partial charge in [-0.3, -0.25) is 4.79 Å². The molecule has 3 heteroatoms. The first kappa shape index (κ1) is 15.2. The van der Waals surface area contributed by atoms with Crippen molar-refractivity contribution in [2.24, 2.45) is 0 Å². The van der Waals surface area contributed by atoms with Crippen LogP contribution in [0.1, 0.15) is 55.6 Å². The highest BCUT2D eigenvalue weighted by molar-refractivity contribution is 5.77. The second-order valence-corrected chi connectivity index (χ2v) is 7.49. The van der Waals surface area contributed by atoms with Gasteiger partial charge in [0.2, 0.25) is 5.91 Å². The summed E-state index contributed by atoms with van der Waals surface area (Å²) in [6.07, 6.45) is 8.08. The Morgan fingerprint density at radius 2 is 1.74 bits per heavy atom. The minimum atomic E-state index is 0.381. The topological polar surface area (TPSA) is 23.6 Å². The van der Waals surface area contributed by atoms with Crippen molar-refractivity contribution in [3.8, 4) is 0 Å². The highest BCUT2D eigenvalue weighted by Gasteiger charge is 2.30. The second-order valence-electron chi connectivity index (χ2n) is 7.49. The zero-order valence-corrected chi connectivity index (χ0v) is 14.0. The summed E-state index contributed by atoms with van der Waals surface area (Å²) in [4.78, 5) is 17.5. The number of rotatable bonds is 3. The Bertz CT molecular complexity index is 557. The molecule has 2 fully saturated rings. The monoisotopic (exact) mass is 312 g/mol. The summed E-state index contributed by atoms with van der Waals surface area (Å²) < 4.78 is 0. The van der Waals surface area contributed by atoms with Gasteiger partial charge in [0.1, 0.15) is 0 Å². The predicted molar refractivity (Wildman–Crippen MR) is 92.5 cm³/mol. The largest absolute Gasteiger partial charge is 0.343 e. The number of carbonyl (C=O) groups is 1. The van der Waals surface area contributed by atoms with E-state index in [1.165, 1.54) is 49.9 Å². The zero-order chi connectivity index (χ0) is 15.6. The fourth-order valence-corrected chi connectivity index (χ4v) is 4.78. The van der Waals surface area contributed by atoms with Crippen LogP contribution in [0.2, 0.25) is 0 Å². The maximum atomic E-state index is 12.7. The summed E-state index contributed by atoms with van der Waals surface area (Å²) in [6, 6.07) is 9.41. The van der Waals surface area contributed by atoms with Crippen LogP contribution in [0.25, 0.3) is 0 Å². The van der Waals surface area contributed by atoms with Crippen molar-refractivity contribution < 1.29 is 4.79 Å². The first-order valence-electron chi connectivity index (χ1n) is 9.41. The van der Waals surface area contributed by atoms with Gasteiger partial charge < -0.3 is 9.80 Å². The van der Waals surface area contributed by atoms with Crippen LogP contribution >= 0.6 is 0 Å². The number of hydrogen-bond acceptors (Lipinski definition) is 2. The minimum absolute atomic E-state index is 0.381. The molecule has 0 radical (unpaired) electrons. The first-order chi connectivity index (χ1) is 11.3. The molecule has 4 rings (SSSR count). The smallest absolute Gasteiger partial charge is 0.223 e. The number of aryl methyl sites for hydroxylation is 1. The van der Waals surface area contributed by atoms with Crippen molar-refractivity contribution >= 4 is 5.91 Å². The predicted octanol–water partition coefficient (Wildman–Crippen LogP) is 3.19. The van der Waals surface area contributed by atoms with E-state index in [-0.39, 0.29) is 0 Å². The summed E-state index contributed by atoms with van der Waals surface area (Å²) in [6.45, 7) is 4.48. The molecule has 1 aromatic rings. The molecule has 124 valence electrons. The van der Waals surface area contributed by atoms with Gasteiger partial charge in [-0.25, -0.2) is 0 Å². The summed E-state index contributed by atoms with van der Waals surface area (Å²) in [5.41, 5.74) is 2.88. The van der Waals surface area contributed by atoms with E-state index in [0.717, 1.165) is 32.0 Å². The molecular weight excluding hydrogens is 284 g/mol. The highest BCUT2D eigenvalue weighted by atomic mass is 16.2. The van der Waals surface area contributed by atoms with Gasteiger partial charge in [0.15, 0.2) is 0 Å². The molecule has 0 bridgehead atoms. The van der Waals surface area contributed by atoms with Crippen LogP contribution in [0, 0.1) is 0 Å². The SMILES string of the molecule is O=C(CC1CCc2ccccc21)N1CCC(N2CCCC2)CC1. The van der Waals surface area contributed by atoms with E-state index in [1.54, 1.807) is 0 Å². The molecule has 2 aliphatic heterocycles. The van der Waals surface area contributed by atoms with Gasteiger partial charge in [0.25, 0.3) is 0 Å². The molecule has 1 amide bonds. The molecule has 3 nitrogen and oxygen atoms in total.